The fraction of sp³-hybridized carbons (Fsp3) is 0.261. The molecule has 0 radical (unpaired) electrons. The molecule has 9 heteroatoms. The highest BCUT2D eigenvalue weighted by Gasteiger charge is 2.25. The summed E-state index contributed by atoms with van der Waals surface area (Å²) in [5.74, 6) is -0.706. The normalized spacial score (nSPS) is 11.5. The molecule has 1 amide bonds. The van der Waals surface area contributed by atoms with Crippen LogP contribution in [-0.2, 0) is 16.6 Å². The number of anilines is 2. The maximum absolute atomic E-state index is 13.3. The third kappa shape index (κ3) is 5.53. The number of carbonyl (C=O) groups excluding carboxylic acids is 1. The molecule has 3 rings (SSSR count). The monoisotopic (exact) mass is 475 g/mol. The van der Waals surface area contributed by atoms with Gasteiger partial charge in [-0.2, -0.15) is 4.31 Å². The van der Waals surface area contributed by atoms with Gasteiger partial charge in [-0.15, -0.1) is 11.3 Å². The van der Waals surface area contributed by atoms with Crippen LogP contribution in [0.15, 0.2) is 64.9 Å². The molecule has 2 aromatic carbocycles. The zero-order valence-corrected chi connectivity index (χ0v) is 19.8. The van der Waals surface area contributed by atoms with Gasteiger partial charge in [0.2, 0.25) is 10.0 Å². The third-order valence-electron chi connectivity index (χ3n) is 4.84. The molecule has 0 atom stereocenters. The van der Waals surface area contributed by atoms with Crippen LogP contribution in [0.3, 0.4) is 0 Å². The molecule has 170 valence electrons. The first kappa shape index (κ1) is 23.9. The van der Waals surface area contributed by atoms with Crippen LogP contribution in [0.25, 0.3) is 0 Å². The summed E-state index contributed by atoms with van der Waals surface area (Å²) in [5, 5.41) is 4.71. The second kappa shape index (κ2) is 10.2. The summed E-state index contributed by atoms with van der Waals surface area (Å²) in [5.41, 5.74) is 2.17. The maximum Gasteiger partial charge on any atom is 0.265 e. The number of hydrogen-bond donors (Lipinski definition) is 1. The lowest BCUT2D eigenvalue weighted by Gasteiger charge is -2.25. The minimum absolute atomic E-state index is 0.0425. The fourth-order valence-electron chi connectivity index (χ4n) is 3.31. The summed E-state index contributed by atoms with van der Waals surface area (Å²) >= 11 is 1.35. The van der Waals surface area contributed by atoms with E-state index < -0.39 is 15.8 Å². The lowest BCUT2D eigenvalue weighted by molar-refractivity contribution is 0.103. The van der Waals surface area contributed by atoms with E-state index in [2.05, 4.69) is 5.32 Å². The van der Waals surface area contributed by atoms with Gasteiger partial charge in [0.1, 0.15) is 5.82 Å². The largest absolute Gasteiger partial charge is 0.377 e. The highest BCUT2D eigenvalue weighted by atomic mass is 32.2. The summed E-state index contributed by atoms with van der Waals surface area (Å²) in [4.78, 5) is 15.0. The van der Waals surface area contributed by atoms with E-state index in [1.54, 1.807) is 18.2 Å². The lowest BCUT2D eigenvalue weighted by atomic mass is 10.1. The Hall–Kier alpha value is -2.75. The second-order valence-electron chi connectivity index (χ2n) is 7.46. The van der Waals surface area contributed by atoms with Crippen LogP contribution < -0.4 is 10.2 Å². The standard InChI is InChI=1S/C23H26FN3O3S2/c1-4-13-27(32(29,30)20-10-7-18(24)8-11-20)16-17-15-19(9-12-21(17)26(2)3)25-23(28)22-6-5-14-31-22/h5-12,14-15H,4,13,16H2,1-3H3,(H,25,28). The first-order chi connectivity index (χ1) is 15.2. The van der Waals surface area contributed by atoms with Crippen LogP contribution in [0.4, 0.5) is 15.8 Å². The smallest absolute Gasteiger partial charge is 0.265 e. The Bertz CT molecular complexity index is 1160. The fourth-order valence-corrected chi connectivity index (χ4v) is 5.43. The summed E-state index contributed by atoms with van der Waals surface area (Å²) in [6, 6.07) is 13.8. The van der Waals surface area contributed by atoms with Crippen molar-refractivity contribution in [2.24, 2.45) is 0 Å². The molecule has 1 aromatic heterocycles. The highest BCUT2D eigenvalue weighted by Crippen LogP contribution is 2.28. The summed E-state index contributed by atoms with van der Waals surface area (Å²) in [7, 11) is -0.0768. The SMILES string of the molecule is CCCN(Cc1cc(NC(=O)c2cccs2)ccc1N(C)C)S(=O)(=O)c1ccc(F)cc1. The molecular formula is C23H26FN3O3S2. The Balaban J connectivity index is 1.93. The van der Waals surface area contributed by atoms with Crippen LogP contribution >= 0.6 is 11.3 Å². The van der Waals surface area contributed by atoms with E-state index >= 15 is 0 Å². The van der Waals surface area contributed by atoms with Gasteiger partial charge < -0.3 is 10.2 Å². The topological polar surface area (TPSA) is 69.7 Å². The molecule has 1 N–H and O–H groups in total. The van der Waals surface area contributed by atoms with Crippen molar-refractivity contribution in [2.75, 3.05) is 30.9 Å². The number of halogens is 1. The molecule has 0 aliphatic rings. The first-order valence-corrected chi connectivity index (χ1v) is 12.4. The van der Waals surface area contributed by atoms with Crippen molar-refractivity contribution >= 4 is 38.6 Å². The number of amides is 1. The minimum Gasteiger partial charge on any atom is -0.377 e. The van der Waals surface area contributed by atoms with E-state index in [1.807, 2.05) is 43.4 Å². The molecule has 0 fully saturated rings. The molecule has 0 saturated carbocycles. The van der Waals surface area contributed by atoms with Gasteiger partial charge in [-0.1, -0.05) is 13.0 Å². The molecule has 0 bridgehead atoms. The predicted molar refractivity (Wildman–Crippen MR) is 127 cm³/mol. The van der Waals surface area contributed by atoms with E-state index in [4.69, 9.17) is 0 Å². The van der Waals surface area contributed by atoms with Crippen LogP contribution in [0.5, 0.6) is 0 Å². The van der Waals surface area contributed by atoms with Crippen LogP contribution in [0.1, 0.15) is 28.6 Å². The van der Waals surface area contributed by atoms with Crippen LogP contribution in [0.2, 0.25) is 0 Å². The Morgan fingerprint density at radius 1 is 1.09 bits per heavy atom. The number of nitrogens with one attached hydrogen (secondary N) is 1. The molecular weight excluding hydrogens is 449 g/mol. The molecule has 3 aromatic rings. The van der Waals surface area contributed by atoms with Crippen LogP contribution in [0, 0.1) is 5.82 Å². The molecule has 1 heterocycles. The number of thiophene rings is 1. The average molecular weight is 476 g/mol. The van der Waals surface area contributed by atoms with Crippen molar-refractivity contribution in [1.82, 2.24) is 4.31 Å². The second-order valence-corrected chi connectivity index (χ2v) is 10.3. The number of rotatable bonds is 9. The number of benzene rings is 2. The van der Waals surface area contributed by atoms with Gasteiger partial charge in [-0.05, 0) is 65.9 Å². The zero-order valence-electron chi connectivity index (χ0n) is 18.2. The Morgan fingerprint density at radius 3 is 2.41 bits per heavy atom. The molecule has 0 spiro atoms. The summed E-state index contributed by atoms with van der Waals surface area (Å²) in [6.45, 7) is 2.32. The van der Waals surface area contributed by atoms with Crippen molar-refractivity contribution < 1.29 is 17.6 Å². The van der Waals surface area contributed by atoms with Crippen molar-refractivity contribution in [1.29, 1.82) is 0 Å². The minimum atomic E-state index is -3.83. The predicted octanol–water partition coefficient (Wildman–Crippen LogP) is 4.81. The van der Waals surface area contributed by atoms with Gasteiger partial charge >= 0.3 is 0 Å². The Kier molecular flexibility index (Phi) is 7.65. The van der Waals surface area contributed by atoms with E-state index in [1.165, 1.54) is 27.8 Å². The van der Waals surface area contributed by atoms with Crippen molar-refractivity contribution in [2.45, 2.75) is 24.8 Å². The van der Waals surface area contributed by atoms with Crippen LogP contribution in [-0.4, -0.2) is 39.3 Å². The summed E-state index contributed by atoms with van der Waals surface area (Å²) in [6.07, 6.45) is 0.618. The van der Waals surface area contributed by atoms with Gasteiger partial charge in [-0.25, -0.2) is 12.8 Å². The van der Waals surface area contributed by atoms with Crippen molar-refractivity contribution in [3.05, 3.63) is 76.2 Å². The van der Waals surface area contributed by atoms with E-state index in [9.17, 15) is 17.6 Å². The molecule has 0 aliphatic heterocycles. The van der Waals surface area contributed by atoms with Gasteiger partial charge in [0.15, 0.2) is 0 Å². The molecule has 0 aliphatic carbocycles. The average Bonchev–Trinajstić information content (AvgIpc) is 3.29. The number of hydrogen-bond acceptors (Lipinski definition) is 5. The van der Waals surface area contributed by atoms with E-state index in [-0.39, 0.29) is 17.3 Å². The quantitative estimate of drug-likeness (QED) is 0.482. The Labute approximate surface area is 192 Å². The zero-order chi connectivity index (χ0) is 23.3. The molecule has 0 unspecified atom stereocenters. The van der Waals surface area contributed by atoms with Crippen molar-refractivity contribution in [3.8, 4) is 0 Å². The third-order valence-corrected chi connectivity index (χ3v) is 7.56. The maximum atomic E-state index is 13.3. The van der Waals surface area contributed by atoms with Gasteiger partial charge in [0.05, 0.1) is 9.77 Å². The van der Waals surface area contributed by atoms with E-state index in [0.717, 1.165) is 23.4 Å². The number of nitrogens with zero attached hydrogens (tertiary/aromatic N) is 2. The van der Waals surface area contributed by atoms with Gasteiger partial charge in [0, 0.05) is 38.6 Å². The Morgan fingerprint density at radius 2 is 1.81 bits per heavy atom. The molecule has 32 heavy (non-hydrogen) atoms. The van der Waals surface area contributed by atoms with Gasteiger partial charge in [-0.3, -0.25) is 4.79 Å². The first-order valence-electron chi connectivity index (χ1n) is 10.1. The highest BCUT2D eigenvalue weighted by molar-refractivity contribution is 7.89. The lowest BCUT2D eigenvalue weighted by Crippen LogP contribution is -2.32. The molecule has 6 nitrogen and oxygen atoms in total. The number of carbonyl (C=O) groups is 1. The number of sulfonamides is 1. The van der Waals surface area contributed by atoms with Gasteiger partial charge in [0.25, 0.3) is 5.91 Å². The molecule has 0 saturated heterocycles. The van der Waals surface area contributed by atoms with E-state index in [0.29, 0.717) is 23.5 Å². The summed E-state index contributed by atoms with van der Waals surface area (Å²) < 4.78 is 41.2. The van der Waals surface area contributed by atoms with Crippen molar-refractivity contribution in [3.63, 3.8) is 0 Å².